The van der Waals surface area contributed by atoms with Crippen molar-refractivity contribution in [3.8, 4) is 0 Å². The second kappa shape index (κ2) is 8.71. The van der Waals surface area contributed by atoms with E-state index in [1.165, 1.54) is 0 Å². The van der Waals surface area contributed by atoms with Crippen molar-refractivity contribution in [3.05, 3.63) is 72.2 Å². The monoisotopic (exact) mass is 366 g/mol. The Hall–Kier alpha value is -2.82. The Balaban J connectivity index is 1.73. The van der Waals surface area contributed by atoms with Crippen LogP contribution in [0.1, 0.15) is 29.9 Å². The van der Waals surface area contributed by atoms with Gasteiger partial charge in [-0.25, -0.2) is 0 Å². The van der Waals surface area contributed by atoms with E-state index in [-0.39, 0.29) is 24.3 Å². The van der Waals surface area contributed by atoms with Crippen LogP contribution in [0.5, 0.6) is 0 Å². The molecular formula is C22H26N2O3. The number of aryl methyl sites for hydroxylation is 1. The van der Waals surface area contributed by atoms with Crippen LogP contribution >= 0.6 is 0 Å². The fourth-order valence-corrected chi connectivity index (χ4v) is 3.03. The summed E-state index contributed by atoms with van der Waals surface area (Å²) in [5.41, 5.74) is 1.04. The molecule has 0 radical (unpaired) electrons. The molecule has 27 heavy (non-hydrogen) atoms. The number of rotatable bonds is 9. The molecule has 2 amide bonds. The van der Waals surface area contributed by atoms with Gasteiger partial charge in [-0.3, -0.25) is 9.59 Å². The molecule has 1 heterocycles. The first-order chi connectivity index (χ1) is 13.1. The van der Waals surface area contributed by atoms with Crippen LogP contribution < -0.4 is 0 Å². The number of hydrogen-bond acceptors (Lipinski definition) is 3. The maximum Gasteiger partial charge on any atom is 0.242 e. The van der Waals surface area contributed by atoms with Crippen molar-refractivity contribution in [2.24, 2.45) is 5.92 Å². The van der Waals surface area contributed by atoms with Gasteiger partial charge in [0.2, 0.25) is 11.8 Å². The van der Waals surface area contributed by atoms with Crippen LogP contribution in [0.3, 0.4) is 0 Å². The molecule has 3 rings (SSSR count). The Morgan fingerprint density at radius 3 is 2.44 bits per heavy atom. The lowest BCUT2D eigenvalue weighted by Gasteiger charge is -2.27. The zero-order valence-corrected chi connectivity index (χ0v) is 15.8. The number of amides is 2. The van der Waals surface area contributed by atoms with Crippen LogP contribution in [0.4, 0.5) is 0 Å². The SMILES string of the molecule is C=CCN(CC(=O)N(Cc1ccccc1)Cc1ccc(C)o1)C(=O)C1CC1. The predicted octanol–water partition coefficient (Wildman–Crippen LogP) is 3.54. The van der Waals surface area contributed by atoms with Crippen molar-refractivity contribution < 1.29 is 14.0 Å². The first-order valence-electron chi connectivity index (χ1n) is 9.33. The topological polar surface area (TPSA) is 53.8 Å². The minimum Gasteiger partial charge on any atom is -0.464 e. The molecule has 5 nitrogen and oxygen atoms in total. The maximum atomic E-state index is 13.0. The third kappa shape index (κ3) is 5.33. The molecular weight excluding hydrogens is 340 g/mol. The molecule has 1 aliphatic rings. The third-order valence-corrected chi connectivity index (χ3v) is 4.63. The number of carbonyl (C=O) groups excluding carboxylic acids is 2. The van der Waals surface area contributed by atoms with E-state index in [0.29, 0.717) is 19.6 Å². The standard InChI is InChI=1S/C22H26N2O3/c1-3-13-23(22(26)19-10-11-19)16-21(25)24(14-18-7-5-4-6-8-18)15-20-12-9-17(2)27-20/h3-9,12,19H,1,10-11,13-16H2,2H3. The molecule has 0 saturated heterocycles. The Labute approximate surface area is 160 Å². The summed E-state index contributed by atoms with van der Waals surface area (Å²) in [6.45, 7) is 6.90. The molecule has 0 aliphatic heterocycles. The maximum absolute atomic E-state index is 13.0. The van der Waals surface area contributed by atoms with Crippen LogP contribution in [-0.2, 0) is 22.7 Å². The summed E-state index contributed by atoms with van der Waals surface area (Å²) in [6, 6.07) is 13.6. The average Bonchev–Trinajstić information content (AvgIpc) is 3.43. The fourth-order valence-electron chi connectivity index (χ4n) is 3.03. The number of hydrogen-bond donors (Lipinski definition) is 0. The van der Waals surface area contributed by atoms with Crippen molar-refractivity contribution in [2.75, 3.05) is 13.1 Å². The molecule has 1 aromatic heterocycles. The first-order valence-corrected chi connectivity index (χ1v) is 9.33. The number of benzene rings is 1. The quantitative estimate of drug-likeness (QED) is 0.638. The van der Waals surface area contributed by atoms with E-state index in [9.17, 15) is 9.59 Å². The zero-order chi connectivity index (χ0) is 19.2. The van der Waals surface area contributed by atoms with E-state index >= 15 is 0 Å². The Morgan fingerprint density at radius 1 is 1.11 bits per heavy atom. The summed E-state index contributed by atoms with van der Waals surface area (Å²) in [7, 11) is 0. The van der Waals surface area contributed by atoms with E-state index in [1.54, 1.807) is 15.9 Å². The van der Waals surface area contributed by atoms with E-state index in [0.717, 1.165) is 29.9 Å². The minimum absolute atomic E-state index is 0.0526. The highest BCUT2D eigenvalue weighted by molar-refractivity contribution is 5.87. The van der Waals surface area contributed by atoms with E-state index in [1.807, 2.05) is 49.4 Å². The third-order valence-electron chi connectivity index (χ3n) is 4.63. The van der Waals surface area contributed by atoms with E-state index in [4.69, 9.17) is 4.42 Å². The Morgan fingerprint density at radius 2 is 1.85 bits per heavy atom. The highest BCUT2D eigenvalue weighted by Gasteiger charge is 2.34. The fraction of sp³-hybridized carbons (Fsp3) is 0.364. The molecule has 0 bridgehead atoms. The van der Waals surface area contributed by atoms with Gasteiger partial charge in [0.05, 0.1) is 6.54 Å². The molecule has 0 spiro atoms. The zero-order valence-electron chi connectivity index (χ0n) is 15.8. The number of furan rings is 1. The normalized spacial score (nSPS) is 13.2. The van der Waals surface area contributed by atoms with Crippen molar-refractivity contribution >= 4 is 11.8 Å². The summed E-state index contributed by atoms with van der Waals surface area (Å²) in [6.07, 6.45) is 3.51. The molecule has 2 aromatic rings. The highest BCUT2D eigenvalue weighted by atomic mass is 16.3. The molecule has 1 fully saturated rings. The van der Waals surface area contributed by atoms with Gasteiger partial charge in [0.1, 0.15) is 18.1 Å². The largest absolute Gasteiger partial charge is 0.464 e. The van der Waals surface area contributed by atoms with Crippen molar-refractivity contribution in [1.29, 1.82) is 0 Å². The smallest absolute Gasteiger partial charge is 0.242 e. The Kier molecular flexibility index (Phi) is 6.12. The van der Waals surface area contributed by atoms with Crippen LogP contribution in [-0.4, -0.2) is 34.7 Å². The molecule has 0 N–H and O–H groups in total. The Bertz CT molecular complexity index is 793. The van der Waals surface area contributed by atoms with E-state index in [2.05, 4.69) is 6.58 Å². The molecule has 0 atom stereocenters. The van der Waals surface area contributed by atoms with Crippen molar-refractivity contribution in [3.63, 3.8) is 0 Å². The van der Waals surface area contributed by atoms with Crippen molar-refractivity contribution in [1.82, 2.24) is 9.80 Å². The summed E-state index contributed by atoms with van der Waals surface area (Å²) in [5.74, 6) is 1.59. The van der Waals surface area contributed by atoms with Gasteiger partial charge in [0.25, 0.3) is 0 Å². The lowest BCUT2D eigenvalue weighted by molar-refractivity contribution is -0.141. The average molecular weight is 366 g/mol. The van der Waals surface area contributed by atoms with Crippen LogP contribution in [0, 0.1) is 12.8 Å². The van der Waals surface area contributed by atoms with Crippen LogP contribution in [0.25, 0.3) is 0 Å². The van der Waals surface area contributed by atoms with Crippen molar-refractivity contribution in [2.45, 2.75) is 32.9 Å². The minimum atomic E-state index is -0.0937. The van der Waals surface area contributed by atoms with Gasteiger partial charge in [0, 0.05) is 19.0 Å². The first kappa shape index (κ1) is 19.0. The molecule has 0 unspecified atom stereocenters. The molecule has 142 valence electrons. The summed E-state index contributed by atoms with van der Waals surface area (Å²) in [5, 5.41) is 0. The number of carbonyl (C=O) groups is 2. The van der Waals surface area contributed by atoms with Gasteiger partial charge in [-0.1, -0.05) is 36.4 Å². The molecule has 1 aliphatic carbocycles. The van der Waals surface area contributed by atoms with Gasteiger partial charge in [0.15, 0.2) is 0 Å². The van der Waals surface area contributed by atoms with Gasteiger partial charge in [-0.05, 0) is 37.5 Å². The van der Waals surface area contributed by atoms with Gasteiger partial charge < -0.3 is 14.2 Å². The summed E-state index contributed by atoms with van der Waals surface area (Å²) in [4.78, 5) is 28.9. The highest BCUT2D eigenvalue weighted by Crippen LogP contribution is 2.31. The summed E-state index contributed by atoms with van der Waals surface area (Å²) >= 11 is 0. The van der Waals surface area contributed by atoms with Gasteiger partial charge in [-0.15, -0.1) is 6.58 Å². The van der Waals surface area contributed by atoms with E-state index < -0.39 is 0 Å². The summed E-state index contributed by atoms with van der Waals surface area (Å²) < 4.78 is 5.66. The second-order valence-corrected chi connectivity index (χ2v) is 7.03. The van der Waals surface area contributed by atoms with Crippen LogP contribution in [0.2, 0.25) is 0 Å². The molecule has 5 heteroatoms. The second-order valence-electron chi connectivity index (χ2n) is 7.03. The van der Waals surface area contributed by atoms with Gasteiger partial charge in [-0.2, -0.15) is 0 Å². The van der Waals surface area contributed by atoms with Gasteiger partial charge >= 0.3 is 0 Å². The predicted molar refractivity (Wildman–Crippen MR) is 104 cm³/mol. The number of nitrogens with zero attached hydrogens (tertiary/aromatic N) is 2. The lowest BCUT2D eigenvalue weighted by Crippen LogP contribution is -2.43. The molecule has 1 aromatic carbocycles. The van der Waals surface area contributed by atoms with Crippen LogP contribution in [0.15, 0.2) is 59.5 Å². The molecule has 1 saturated carbocycles. The lowest BCUT2D eigenvalue weighted by atomic mass is 10.2.